The van der Waals surface area contributed by atoms with E-state index >= 15 is 0 Å². The van der Waals surface area contributed by atoms with Crippen LogP contribution >= 0.6 is 0 Å². The average Bonchev–Trinajstić information content (AvgIpc) is 2.53. The minimum absolute atomic E-state index is 0.139. The van der Waals surface area contributed by atoms with Crippen molar-refractivity contribution in [3.8, 4) is 0 Å². The molecule has 0 aliphatic carbocycles. The Morgan fingerprint density at radius 1 is 1.25 bits per heavy atom. The number of amides is 2. The first-order valence-electron chi connectivity index (χ1n) is 6.47. The average molecular weight is 274 g/mol. The number of nitrogens with one attached hydrogen (secondary N) is 1. The van der Waals surface area contributed by atoms with E-state index in [1.54, 1.807) is 12.1 Å². The van der Waals surface area contributed by atoms with Crippen LogP contribution in [0.1, 0.15) is 36.7 Å². The van der Waals surface area contributed by atoms with E-state index in [4.69, 9.17) is 0 Å². The lowest BCUT2D eigenvalue weighted by Crippen LogP contribution is -2.47. The van der Waals surface area contributed by atoms with E-state index in [9.17, 15) is 14.4 Å². The fraction of sp³-hybridized carbons (Fsp3) is 0.400. The van der Waals surface area contributed by atoms with Gasteiger partial charge in [-0.2, -0.15) is 0 Å². The van der Waals surface area contributed by atoms with Crippen molar-refractivity contribution < 1.29 is 14.4 Å². The highest BCUT2D eigenvalue weighted by molar-refractivity contribution is 6.52. The van der Waals surface area contributed by atoms with Gasteiger partial charge in [0, 0.05) is 5.54 Å². The third-order valence-electron chi connectivity index (χ3n) is 3.01. The lowest BCUT2D eigenvalue weighted by molar-refractivity contribution is -0.123. The highest BCUT2D eigenvalue weighted by atomic mass is 16.2. The van der Waals surface area contributed by atoms with Gasteiger partial charge >= 0.3 is 0 Å². The molecule has 20 heavy (non-hydrogen) atoms. The Balaban J connectivity index is 2.29. The number of fused-ring (bicyclic) bond motifs is 1. The van der Waals surface area contributed by atoms with E-state index in [1.165, 1.54) is 4.90 Å². The van der Waals surface area contributed by atoms with Gasteiger partial charge < -0.3 is 5.32 Å². The SMILES string of the molecule is Cc1cccc2c1N(CC(=O)NC(C)(C)C)C(=O)C2=O. The quantitative estimate of drug-likeness (QED) is 0.830. The molecular weight excluding hydrogens is 256 g/mol. The summed E-state index contributed by atoms with van der Waals surface area (Å²) in [5.41, 5.74) is 1.36. The van der Waals surface area contributed by atoms with E-state index in [0.29, 0.717) is 11.3 Å². The summed E-state index contributed by atoms with van der Waals surface area (Å²) in [5, 5.41) is 2.79. The van der Waals surface area contributed by atoms with Crippen molar-refractivity contribution in [3.05, 3.63) is 29.3 Å². The summed E-state index contributed by atoms with van der Waals surface area (Å²) in [7, 11) is 0. The van der Waals surface area contributed by atoms with Crippen molar-refractivity contribution in [1.29, 1.82) is 0 Å². The van der Waals surface area contributed by atoms with Crippen LogP contribution in [0.15, 0.2) is 18.2 Å². The number of carbonyl (C=O) groups is 3. The molecule has 2 amide bonds. The van der Waals surface area contributed by atoms with Crippen LogP contribution in [-0.4, -0.2) is 29.7 Å². The number of benzene rings is 1. The van der Waals surface area contributed by atoms with Crippen LogP contribution < -0.4 is 10.2 Å². The van der Waals surface area contributed by atoms with Crippen LogP contribution in [0.4, 0.5) is 5.69 Å². The number of aryl methyl sites for hydroxylation is 1. The van der Waals surface area contributed by atoms with Crippen molar-refractivity contribution in [2.24, 2.45) is 0 Å². The number of rotatable bonds is 2. The fourth-order valence-corrected chi connectivity index (χ4v) is 2.29. The second kappa shape index (κ2) is 4.74. The maximum Gasteiger partial charge on any atom is 0.299 e. The highest BCUT2D eigenvalue weighted by Gasteiger charge is 2.37. The Hall–Kier alpha value is -2.17. The van der Waals surface area contributed by atoms with Crippen LogP contribution in [0.3, 0.4) is 0 Å². The van der Waals surface area contributed by atoms with Crippen molar-refractivity contribution in [2.45, 2.75) is 33.2 Å². The zero-order valence-corrected chi connectivity index (χ0v) is 12.1. The largest absolute Gasteiger partial charge is 0.350 e. The van der Waals surface area contributed by atoms with Crippen LogP contribution in [0, 0.1) is 6.92 Å². The molecule has 1 N–H and O–H groups in total. The second-order valence-electron chi connectivity index (χ2n) is 5.99. The lowest BCUT2D eigenvalue weighted by atomic mass is 10.1. The predicted octanol–water partition coefficient (Wildman–Crippen LogP) is 1.44. The zero-order valence-electron chi connectivity index (χ0n) is 12.1. The molecule has 1 aromatic rings. The molecule has 0 radical (unpaired) electrons. The van der Waals surface area contributed by atoms with Gasteiger partial charge in [-0.3, -0.25) is 19.3 Å². The first-order valence-corrected chi connectivity index (χ1v) is 6.47. The second-order valence-corrected chi connectivity index (χ2v) is 5.99. The number of carbonyl (C=O) groups excluding carboxylic acids is 3. The number of Topliss-reactive ketones (excluding diaryl/α,β-unsaturated/α-hetero) is 1. The summed E-state index contributed by atoms with van der Waals surface area (Å²) < 4.78 is 0. The van der Waals surface area contributed by atoms with Gasteiger partial charge in [-0.05, 0) is 39.3 Å². The van der Waals surface area contributed by atoms with Gasteiger partial charge in [-0.25, -0.2) is 0 Å². The summed E-state index contributed by atoms with van der Waals surface area (Å²) in [6, 6.07) is 5.17. The molecule has 0 saturated carbocycles. The van der Waals surface area contributed by atoms with Crippen molar-refractivity contribution >= 4 is 23.3 Å². The maximum absolute atomic E-state index is 12.0. The molecule has 0 bridgehead atoms. The molecular formula is C15H18N2O3. The lowest BCUT2D eigenvalue weighted by Gasteiger charge is -2.23. The molecule has 1 aliphatic rings. The number of para-hydroxylation sites is 1. The highest BCUT2D eigenvalue weighted by Crippen LogP contribution is 2.31. The molecule has 0 atom stereocenters. The summed E-state index contributed by atoms with van der Waals surface area (Å²) in [5.74, 6) is -1.47. The minimum atomic E-state index is -0.640. The Labute approximate surface area is 118 Å². The van der Waals surface area contributed by atoms with Crippen molar-refractivity contribution in [3.63, 3.8) is 0 Å². The van der Waals surface area contributed by atoms with Gasteiger partial charge in [0.1, 0.15) is 6.54 Å². The Kier molecular flexibility index (Phi) is 3.38. The summed E-state index contributed by atoms with van der Waals surface area (Å²) in [4.78, 5) is 37.1. The minimum Gasteiger partial charge on any atom is -0.350 e. The van der Waals surface area contributed by atoms with Gasteiger partial charge in [0.25, 0.3) is 11.7 Å². The zero-order chi connectivity index (χ0) is 15.1. The third kappa shape index (κ3) is 2.57. The first kappa shape index (κ1) is 14.2. The monoisotopic (exact) mass is 274 g/mol. The molecule has 1 aromatic carbocycles. The summed E-state index contributed by atoms with van der Waals surface area (Å²) >= 11 is 0. The number of nitrogens with zero attached hydrogens (tertiary/aromatic N) is 1. The molecule has 0 unspecified atom stereocenters. The molecule has 0 fully saturated rings. The Morgan fingerprint density at radius 3 is 2.50 bits per heavy atom. The van der Waals surface area contributed by atoms with Crippen LogP contribution in [0.25, 0.3) is 0 Å². The van der Waals surface area contributed by atoms with E-state index < -0.39 is 11.7 Å². The molecule has 1 aliphatic heterocycles. The number of ketones is 1. The number of anilines is 1. The van der Waals surface area contributed by atoms with Crippen molar-refractivity contribution in [1.82, 2.24) is 5.32 Å². The Morgan fingerprint density at radius 2 is 1.90 bits per heavy atom. The van der Waals surface area contributed by atoms with Gasteiger partial charge in [0.2, 0.25) is 5.91 Å². The summed E-state index contributed by atoms with van der Waals surface area (Å²) in [6.07, 6.45) is 0. The molecule has 2 rings (SSSR count). The van der Waals surface area contributed by atoms with Crippen LogP contribution in [0.2, 0.25) is 0 Å². The van der Waals surface area contributed by atoms with E-state index in [0.717, 1.165) is 5.56 Å². The normalized spacial score (nSPS) is 14.5. The maximum atomic E-state index is 12.0. The van der Waals surface area contributed by atoms with E-state index in [2.05, 4.69) is 5.32 Å². The summed E-state index contributed by atoms with van der Waals surface area (Å²) in [6.45, 7) is 7.27. The number of hydrogen-bond donors (Lipinski definition) is 1. The van der Waals surface area contributed by atoms with E-state index in [-0.39, 0.29) is 18.0 Å². The van der Waals surface area contributed by atoms with Gasteiger partial charge in [0.15, 0.2) is 0 Å². The van der Waals surface area contributed by atoms with Crippen LogP contribution in [0.5, 0.6) is 0 Å². The molecule has 106 valence electrons. The van der Waals surface area contributed by atoms with Gasteiger partial charge in [0.05, 0.1) is 11.3 Å². The molecule has 0 spiro atoms. The molecule has 5 heteroatoms. The first-order chi connectivity index (χ1) is 9.20. The standard InChI is InChI=1S/C15H18N2O3/c1-9-6-5-7-10-12(9)17(14(20)13(10)19)8-11(18)16-15(2,3)4/h5-7H,8H2,1-4H3,(H,16,18). The molecule has 0 aromatic heterocycles. The fourth-order valence-electron chi connectivity index (χ4n) is 2.29. The topological polar surface area (TPSA) is 66.5 Å². The van der Waals surface area contributed by atoms with Crippen LogP contribution in [-0.2, 0) is 9.59 Å². The third-order valence-corrected chi connectivity index (χ3v) is 3.01. The predicted molar refractivity (Wildman–Crippen MR) is 75.8 cm³/mol. The smallest absolute Gasteiger partial charge is 0.299 e. The van der Waals surface area contributed by atoms with Crippen molar-refractivity contribution in [2.75, 3.05) is 11.4 Å². The van der Waals surface area contributed by atoms with Gasteiger partial charge in [-0.15, -0.1) is 0 Å². The Bertz CT molecular complexity index is 600. The molecule has 1 heterocycles. The number of hydrogen-bond acceptors (Lipinski definition) is 3. The van der Waals surface area contributed by atoms with Gasteiger partial charge in [-0.1, -0.05) is 12.1 Å². The molecule has 0 saturated heterocycles. The van der Waals surface area contributed by atoms with E-state index in [1.807, 2.05) is 33.8 Å². The molecule has 5 nitrogen and oxygen atoms in total.